The minimum atomic E-state index is -2.05. The Bertz CT molecular complexity index is 607. The maximum Gasteiger partial charge on any atom is 0.308 e. The number of hydrogen-bond donors (Lipinski definition) is 2. The maximum absolute atomic E-state index is 12.3. The number of amides is 1. The van der Waals surface area contributed by atoms with Crippen molar-refractivity contribution >= 4 is 28.5 Å². The summed E-state index contributed by atoms with van der Waals surface area (Å²) in [5.74, 6) is -2.11. The highest BCUT2D eigenvalue weighted by atomic mass is 28.4. The van der Waals surface area contributed by atoms with Crippen LogP contribution in [0.15, 0.2) is 0 Å². The second-order valence-corrected chi connectivity index (χ2v) is 21.1. The highest BCUT2D eigenvalue weighted by Gasteiger charge is 2.51. The van der Waals surface area contributed by atoms with Gasteiger partial charge in [-0.2, -0.15) is 0 Å². The topological polar surface area (TPSA) is 84.9 Å². The molecule has 1 amide bonds. The molecule has 1 fully saturated rings. The molecule has 0 unspecified atom stereocenters. The summed E-state index contributed by atoms with van der Waals surface area (Å²) >= 11 is 0. The minimum absolute atomic E-state index is 0.0280. The third kappa shape index (κ3) is 6.15. The number of carboxylic acid groups (broad SMARTS) is 1. The number of aliphatic carboxylic acids is 1. The lowest BCUT2D eigenvalue weighted by atomic mass is 9.77. The van der Waals surface area contributed by atoms with Crippen LogP contribution in [-0.2, 0) is 18.4 Å². The first-order valence-corrected chi connectivity index (χ1v) is 16.5. The molecule has 1 aliphatic heterocycles. The summed E-state index contributed by atoms with van der Waals surface area (Å²) in [6.45, 7) is 23.9. The van der Waals surface area contributed by atoms with Crippen molar-refractivity contribution in [1.82, 2.24) is 5.32 Å². The Hall–Kier alpha value is -0.706. The van der Waals surface area contributed by atoms with Gasteiger partial charge in [-0.15, -0.1) is 0 Å². The van der Waals surface area contributed by atoms with Gasteiger partial charge in [-0.3, -0.25) is 9.59 Å². The van der Waals surface area contributed by atoms with Crippen LogP contribution in [0.25, 0.3) is 0 Å². The van der Waals surface area contributed by atoms with Gasteiger partial charge in [-0.25, -0.2) is 0 Å². The Kier molecular flexibility index (Phi) is 7.99. The number of β-lactam (4-membered cyclic amide) rings is 1. The standard InChI is InChI=1S/C21H43NO5Si2/c1-14(27-29(10,11)21(5,6)7)16-17(22-18(16)23)15(19(24)25)12-13-26-28(8,9)20(2,3)4/h14-17H,12-13H2,1-11H3,(H,22,23)(H,24,25)/t14-,15-,16-,17-/m1/s1. The zero-order valence-corrected chi connectivity index (χ0v) is 22.3. The molecule has 0 aliphatic carbocycles. The second-order valence-electron chi connectivity index (χ2n) is 11.5. The summed E-state index contributed by atoms with van der Waals surface area (Å²) in [7, 11) is -3.99. The lowest BCUT2D eigenvalue weighted by Crippen LogP contribution is -2.67. The van der Waals surface area contributed by atoms with E-state index in [-0.39, 0.29) is 22.1 Å². The fraction of sp³-hybridized carbons (Fsp3) is 0.905. The van der Waals surface area contributed by atoms with Crippen molar-refractivity contribution in [2.45, 2.75) is 103 Å². The molecule has 0 bridgehead atoms. The molecule has 0 radical (unpaired) electrons. The number of rotatable bonds is 9. The van der Waals surface area contributed by atoms with Crippen molar-refractivity contribution in [1.29, 1.82) is 0 Å². The van der Waals surface area contributed by atoms with Gasteiger partial charge in [0.15, 0.2) is 16.6 Å². The van der Waals surface area contributed by atoms with E-state index in [0.717, 1.165) is 0 Å². The van der Waals surface area contributed by atoms with Crippen molar-refractivity contribution in [2.75, 3.05) is 6.61 Å². The Labute approximate surface area is 179 Å². The van der Waals surface area contributed by atoms with E-state index in [2.05, 4.69) is 73.0 Å². The number of hydrogen-bond acceptors (Lipinski definition) is 4. The fourth-order valence-corrected chi connectivity index (χ4v) is 5.59. The summed E-state index contributed by atoms with van der Waals surface area (Å²) in [6.07, 6.45) is 0.0774. The van der Waals surface area contributed by atoms with E-state index in [1.54, 1.807) is 0 Å². The molecule has 29 heavy (non-hydrogen) atoms. The SMILES string of the molecule is C[C@@H](O[Si](C)(C)C(C)(C)C)[C@H]1C(=O)N[C@@H]1[C@@H](CCO[Si](C)(C)C(C)(C)C)C(=O)O. The van der Waals surface area contributed by atoms with Gasteiger partial charge in [0.25, 0.3) is 0 Å². The van der Waals surface area contributed by atoms with Crippen LogP contribution in [-0.4, -0.2) is 52.4 Å². The number of carbonyl (C=O) groups excluding carboxylic acids is 1. The maximum atomic E-state index is 12.3. The van der Waals surface area contributed by atoms with Crippen LogP contribution in [0.4, 0.5) is 0 Å². The van der Waals surface area contributed by atoms with Crippen molar-refractivity contribution in [3.63, 3.8) is 0 Å². The van der Waals surface area contributed by atoms with Crippen LogP contribution in [0.3, 0.4) is 0 Å². The minimum Gasteiger partial charge on any atom is -0.481 e. The van der Waals surface area contributed by atoms with E-state index in [1.807, 2.05) is 6.92 Å². The molecule has 1 aliphatic rings. The number of carboxylic acids is 1. The van der Waals surface area contributed by atoms with Crippen LogP contribution >= 0.6 is 0 Å². The summed E-state index contributed by atoms with van der Waals surface area (Å²) in [6, 6.07) is -0.414. The van der Waals surface area contributed by atoms with E-state index in [9.17, 15) is 14.7 Å². The van der Waals surface area contributed by atoms with E-state index < -0.39 is 40.5 Å². The average Bonchev–Trinajstić information content (AvgIpc) is 2.46. The largest absolute Gasteiger partial charge is 0.481 e. The smallest absolute Gasteiger partial charge is 0.308 e. The highest BCUT2D eigenvalue weighted by Crippen LogP contribution is 2.40. The van der Waals surface area contributed by atoms with E-state index in [1.165, 1.54) is 0 Å². The average molecular weight is 446 g/mol. The van der Waals surface area contributed by atoms with Gasteiger partial charge in [-0.1, -0.05) is 41.5 Å². The zero-order chi connectivity index (χ0) is 23.0. The summed E-state index contributed by atoms with van der Waals surface area (Å²) in [5.41, 5.74) is 0. The third-order valence-electron chi connectivity index (χ3n) is 7.24. The normalized spacial score (nSPS) is 23.2. The van der Waals surface area contributed by atoms with E-state index in [0.29, 0.717) is 13.0 Å². The van der Waals surface area contributed by atoms with Crippen molar-refractivity contribution in [2.24, 2.45) is 11.8 Å². The molecule has 2 N–H and O–H groups in total. The molecule has 1 saturated heterocycles. The summed E-state index contributed by atoms with van der Waals surface area (Å²) < 4.78 is 12.6. The van der Waals surface area contributed by atoms with Gasteiger partial charge in [0, 0.05) is 6.61 Å². The number of carbonyl (C=O) groups is 2. The zero-order valence-electron chi connectivity index (χ0n) is 20.3. The van der Waals surface area contributed by atoms with Gasteiger partial charge >= 0.3 is 5.97 Å². The Morgan fingerprint density at radius 1 is 1.07 bits per heavy atom. The van der Waals surface area contributed by atoms with Gasteiger partial charge in [0.2, 0.25) is 5.91 Å². The van der Waals surface area contributed by atoms with Crippen molar-refractivity contribution < 1.29 is 23.5 Å². The molecule has 4 atom stereocenters. The molecule has 0 saturated carbocycles. The Morgan fingerprint density at radius 2 is 1.55 bits per heavy atom. The molecule has 0 aromatic carbocycles. The Morgan fingerprint density at radius 3 is 1.93 bits per heavy atom. The molecular weight excluding hydrogens is 402 g/mol. The second kappa shape index (κ2) is 8.80. The van der Waals surface area contributed by atoms with Crippen molar-refractivity contribution in [3.8, 4) is 0 Å². The van der Waals surface area contributed by atoms with Gasteiger partial charge in [0.05, 0.1) is 24.0 Å². The molecule has 1 heterocycles. The lowest BCUT2D eigenvalue weighted by Gasteiger charge is -2.47. The van der Waals surface area contributed by atoms with E-state index in [4.69, 9.17) is 8.85 Å². The van der Waals surface area contributed by atoms with Crippen LogP contribution in [0.5, 0.6) is 0 Å². The first kappa shape index (κ1) is 26.3. The fourth-order valence-electron chi connectivity index (χ4n) is 3.10. The monoisotopic (exact) mass is 445 g/mol. The quantitative estimate of drug-likeness (QED) is 0.399. The van der Waals surface area contributed by atoms with Crippen LogP contribution in [0, 0.1) is 11.8 Å². The number of nitrogens with one attached hydrogen (secondary N) is 1. The molecular formula is C21H43NO5Si2. The molecule has 8 heteroatoms. The van der Waals surface area contributed by atoms with E-state index >= 15 is 0 Å². The first-order valence-electron chi connectivity index (χ1n) is 10.7. The molecule has 0 aromatic rings. The highest BCUT2D eigenvalue weighted by molar-refractivity contribution is 6.74. The van der Waals surface area contributed by atoms with Crippen LogP contribution < -0.4 is 5.32 Å². The molecule has 1 rings (SSSR count). The lowest BCUT2D eigenvalue weighted by molar-refractivity contribution is -0.152. The molecule has 0 aromatic heterocycles. The Balaban J connectivity index is 2.84. The van der Waals surface area contributed by atoms with Gasteiger partial charge in [0.1, 0.15) is 0 Å². The molecule has 170 valence electrons. The summed E-state index contributed by atoms with van der Waals surface area (Å²) in [5, 5.41) is 12.7. The molecule has 0 spiro atoms. The summed E-state index contributed by atoms with van der Waals surface area (Å²) in [4.78, 5) is 24.3. The van der Waals surface area contributed by atoms with Gasteiger partial charge in [-0.05, 0) is 49.6 Å². The predicted molar refractivity (Wildman–Crippen MR) is 122 cm³/mol. The molecule has 6 nitrogen and oxygen atoms in total. The van der Waals surface area contributed by atoms with Crippen LogP contribution in [0.1, 0.15) is 54.9 Å². The third-order valence-corrected chi connectivity index (χ3v) is 16.4. The predicted octanol–water partition coefficient (Wildman–Crippen LogP) is 4.62. The van der Waals surface area contributed by atoms with Crippen molar-refractivity contribution in [3.05, 3.63) is 0 Å². The van der Waals surface area contributed by atoms with Gasteiger partial charge < -0.3 is 19.3 Å². The van der Waals surface area contributed by atoms with Crippen LogP contribution in [0.2, 0.25) is 36.3 Å². The first-order chi connectivity index (χ1) is 12.8.